The van der Waals surface area contributed by atoms with E-state index in [2.05, 4.69) is 0 Å². The molecule has 2 unspecified atom stereocenters. The Labute approximate surface area is 143 Å². The standard InChI is InChI=1S/C19H18F3NO2/c20-13-3-1-12(2-4-13)19(25)7-8-23-11-15(24)10-18(23)16-9-14(21)5-6-17(16)22/h1-6,9,15,18,24H,7-8,10-11H2. The molecule has 1 heterocycles. The first-order valence-corrected chi connectivity index (χ1v) is 8.10. The first-order chi connectivity index (χ1) is 11.9. The second kappa shape index (κ2) is 7.37. The zero-order chi connectivity index (χ0) is 18.0. The maximum absolute atomic E-state index is 14.0. The number of carbonyl (C=O) groups is 1. The van der Waals surface area contributed by atoms with Crippen molar-refractivity contribution in [2.75, 3.05) is 13.1 Å². The number of hydrogen-bond acceptors (Lipinski definition) is 3. The molecule has 3 rings (SSSR count). The number of aliphatic hydroxyl groups excluding tert-OH is 1. The third-order valence-corrected chi connectivity index (χ3v) is 4.49. The lowest BCUT2D eigenvalue weighted by atomic mass is 10.0. The number of likely N-dealkylation sites (tertiary alicyclic amines) is 1. The molecule has 25 heavy (non-hydrogen) atoms. The van der Waals surface area contributed by atoms with Gasteiger partial charge in [-0.15, -0.1) is 0 Å². The van der Waals surface area contributed by atoms with E-state index in [9.17, 15) is 23.1 Å². The summed E-state index contributed by atoms with van der Waals surface area (Å²) in [5.41, 5.74) is 0.584. The van der Waals surface area contributed by atoms with E-state index in [4.69, 9.17) is 0 Å². The summed E-state index contributed by atoms with van der Waals surface area (Å²) in [5, 5.41) is 9.92. The molecule has 1 saturated heterocycles. The van der Waals surface area contributed by atoms with Gasteiger partial charge in [-0.2, -0.15) is 0 Å². The summed E-state index contributed by atoms with van der Waals surface area (Å²) in [6, 6.07) is 8.04. The quantitative estimate of drug-likeness (QED) is 0.840. The molecule has 1 aliphatic heterocycles. The Balaban J connectivity index is 1.71. The van der Waals surface area contributed by atoms with E-state index in [1.807, 2.05) is 0 Å². The van der Waals surface area contributed by atoms with E-state index in [1.165, 1.54) is 24.3 Å². The second-order valence-corrected chi connectivity index (χ2v) is 6.25. The Bertz CT molecular complexity index is 764. The zero-order valence-electron chi connectivity index (χ0n) is 13.5. The van der Waals surface area contributed by atoms with Crippen molar-refractivity contribution >= 4 is 5.78 Å². The Morgan fingerprint density at radius 3 is 2.48 bits per heavy atom. The van der Waals surface area contributed by atoms with Crippen LogP contribution < -0.4 is 0 Å². The van der Waals surface area contributed by atoms with Gasteiger partial charge in [0.15, 0.2) is 5.78 Å². The molecule has 2 aromatic carbocycles. The molecule has 2 aromatic rings. The van der Waals surface area contributed by atoms with Gasteiger partial charge in [-0.3, -0.25) is 9.69 Å². The maximum Gasteiger partial charge on any atom is 0.164 e. The number of carbonyl (C=O) groups excluding carboxylic acids is 1. The van der Waals surface area contributed by atoms with Gasteiger partial charge in [0.25, 0.3) is 0 Å². The highest BCUT2D eigenvalue weighted by Gasteiger charge is 2.33. The molecule has 0 bridgehead atoms. The molecule has 0 amide bonds. The fourth-order valence-corrected chi connectivity index (χ4v) is 3.25. The zero-order valence-corrected chi connectivity index (χ0v) is 13.5. The Kier molecular flexibility index (Phi) is 5.20. The van der Waals surface area contributed by atoms with Crippen molar-refractivity contribution in [1.82, 2.24) is 4.90 Å². The van der Waals surface area contributed by atoms with E-state index in [0.29, 0.717) is 12.1 Å². The lowest BCUT2D eigenvalue weighted by Gasteiger charge is -2.24. The number of benzene rings is 2. The van der Waals surface area contributed by atoms with Gasteiger partial charge < -0.3 is 5.11 Å². The van der Waals surface area contributed by atoms with Crippen molar-refractivity contribution in [2.45, 2.75) is 25.0 Å². The number of hydrogen-bond donors (Lipinski definition) is 1. The first kappa shape index (κ1) is 17.6. The summed E-state index contributed by atoms with van der Waals surface area (Å²) in [6.07, 6.45) is -0.231. The summed E-state index contributed by atoms with van der Waals surface area (Å²) in [7, 11) is 0. The van der Waals surface area contributed by atoms with Crippen molar-refractivity contribution in [2.24, 2.45) is 0 Å². The number of Topliss-reactive ketones (excluding diaryl/α,β-unsaturated/α-hetero) is 1. The Hall–Kier alpha value is -2.18. The van der Waals surface area contributed by atoms with Crippen LogP contribution in [0.5, 0.6) is 0 Å². The number of nitrogens with zero attached hydrogens (tertiary/aromatic N) is 1. The van der Waals surface area contributed by atoms with Crippen LogP contribution in [0.1, 0.15) is 34.8 Å². The molecule has 6 heteroatoms. The maximum atomic E-state index is 14.0. The molecule has 0 radical (unpaired) electrons. The van der Waals surface area contributed by atoms with Crippen LogP contribution in [0, 0.1) is 17.5 Å². The predicted molar refractivity (Wildman–Crippen MR) is 86.6 cm³/mol. The van der Waals surface area contributed by atoms with Crippen LogP contribution >= 0.6 is 0 Å². The molecule has 0 spiro atoms. The fourth-order valence-electron chi connectivity index (χ4n) is 3.25. The summed E-state index contributed by atoms with van der Waals surface area (Å²) >= 11 is 0. The van der Waals surface area contributed by atoms with Gasteiger partial charge in [0, 0.05) is 36.7 Å². The molecular weight excluding hydrogens is 331 g/mol. The van der Waals surface area contributed by atoms with Gasteiger partial charge >= 0.3 is 0 Å². The summed E-state index contributed by atoms with van der Waals surface area (Å²) in [4.78, 5) is 14.0. The number of ketones is 1. The fraction of sp³-hybridized carbons (Fsp3) is 0.316. The molecular formula is C19H18F3NO2. The van der Waals surface area contributed by atoms with Crippen molar-refractivity contribution in [3.63, 3.8) is 0 Å². The molecule has 1 fully saturated rings. The van der Waals surface area contributed by atoms with Crippen LogP contribution in [-0.2, 0) is 0 Å². The molecule has 0 aromatic heterocycles. The van der Waals surface area contributed by atoms with Crippen LogP contribution in [-0.4, -0.2) is 35.0 Å². The van der Waals surface area contributed by atoms with E-state index in [0.717, 1.165) is 18.2 Å². The van der Waals surface area contributed by atoms with Crippen LogP contribution in [0.15, 0.2) is 42.5 Å². The molecule has 1 aliphatic rings. The highest BCUT2D eigenvalue weighted by Crippen LogP contribution is 2.34. The number of rotatable bonds is 5. The SMILES string of the molecule is O=C(CCN1CC(O)CC1c1cc(F)ccc1F)c1ccc(F)cc1. The summed E-state index contributed by atoms with van der Waals surface area (Å²) in [6.45, 7) is 0.588. The van der Waals surface area contributed by atoms with E-state index >= 15 is 0 Å². The second-order valence-electron chi connectivity index (χ2n) is 6.25. The molecule has 132 valence electrons. The molecule has 3 nitrogen and oxygen atoms in total. The van der Waals surface area contributed by atoms with Crippen molar-refractivity contribution in [3.8, 4) is 0 Å². The normalized spacial score (nSPS) is 20.8. The number of β-amino-alcohol motifs (C(OH)–C–C–N with tert-alkyl or cyclic N) is 1. The van der Waals surface area contributed by atoms with E-state index in [1.54, 1.807) is 4.90 Å². The monoisotopic (exact) mass is 349 g/mol. The minimum absolute atomic E-state index is 0.145. The van der Waals surface area contributed by atoms with Gasteiger partial charge in [-0.1, -0.05) is 0 Å². The Morgan fingerprint density at radius 2 is 1.76 bits per heavy atom. The van der Waals surface area contributed by atoms with Gasteiger partial charge in [-0.05, 0) is 48.9 Å². The van der Waals surface area contributed by atoms with E-state index < -0.39 is 29.6 Å². The van der Waals surface area contributed by atoms with Crippen LogP contribution in [0.3, 0.4) is 0 Å². The molecule has 2 atom stereocenters. The average molecular weight is 349 g/mol. The minimum atomic E-state index is -0.659. The topological polar surface area (TPSA) is 40.5 Å². The molecule has 1 N–H and O–H groups in total. The highest BCUT2D eigenvalue weighted by molar-refractivity contribution is 5.96. The lowest BCUT2D eigenvalue weighted by molar-refractivity contribution is 0.0956. The van der Waals surface area contributed by atoms with Gasteiger partial charge in [0.05, 0.1) is 6.10 Å². The minimum Gasteiger partial charge on any atom is -0.392 e. The van der Waals surface area contributed by atoms with Crippen LogP contribution in [0.2, 0.25) is 0 Å². The van der Waals surface area contributed by atoms with Crippen LogP contribution in [0.25, 0.3) is 0 Å². The predicted octanol–water partition coefficient (Wildman–Crippen LogP) is 3.48. The smallest absolute Gasteiger partial charge is 0.164 e. The summed E-state index contributed by atoms with van der Waals surface area (Å²) in [5.74, 6) is -1.66. The van der Waals surface area contributed by atoms with Crippen molar-refractivity contribution in [3.05, 3.63) is 71.0 Å². The van der Waals surface area contributed by atoms with Gasteiger partial charge in [0.1, 0.15) is 17.5 Å². The third kappa shape index (κ3) is 4.08. The Morgan fingerprint density at radius 1 is 1.08 bits per heavy atom. The van der Waals surface area contributed by atoms with Gasteiger partial charge in [-0.25, -0.2) is 13.2 Å². The number of halogens is 3. The largest absolute Gasteiger partial charge is 0.392 e. The van der Waals surface area contributed by atoms with Crippen LogP contribution in [0.4, 0.5) is 13.2 Å². The van der Waals surface area contributed by atoms with Crippen molar-refractivity contribution in [1.29, 1.82) is 0 Å². The lowest BCUT2D eigenvalue weighted by Crippen LogP contribution is -2.28. The molecule has 0 aliphatic carbocycles. The number of aliphatic hydroxyl groups is 1. The first-order valence-electron chi connectivity index (χ1n) is 8.10. The van der Waals surface area contributed by atoms with E-state index in [-0.39, 0.29) is 30.7 Å². The van der Waals surface area contributed by atoms with Crippen molar-refractivity contribution < 1.29 is 23.1 Å². The highest BCUT2D eigenvalue weighted by atomic mass is 19.1. The molecule has 0 saturated carbocycles. The third-order valence-electron chi connectivity index (χ3n) is 4.49. The van der Waals surface area contributed by atoms with Gasteiger partial charge in [0.2, 0.25) is 0 Å². The average Bonchev–Trinajstić information content (AvgIpc) is 2.96. The summed E-state index contributed by atoms with van der Waals surface area (Å²) < 4.78 is 40.4.